The summed E-state index contributed by atoms with van der Waals surface area (Å²) in [5.41, 5.74) is 0.882. The summed E-state index contributed by atoms with van der Waals surface area (Å²) in [7, 11) is 0. The van der Waals surface area contributed by atoms with Gasteiger partial charge in [0.15, 0.2) is 5.13 Å². The van der Waals surface area contributed by atoms with Crippen LogP contribution in [0, 0.1) is 15.9 Å². The van der Waals surface area contributed by atoms with Gasteiger partial charge < -0.3 is 0 Å². The molecule has 3 aromatic rings. The zero-order chi connectivity index (χ0) is 16.4. The zero-order valence-electron chi connectivity index (χ0n) is 11.4. The Labute approximate surface area is 137 Å². The third-order valence-electron chi connectivity index (χ3n) is 2.88. The van der Waals surface area contributed by atoms with Crippen LogP contribution in [0.2, 0.25) is 0 Å². The van der Waals surface area contributed by atoms with Crippen LogP contribution in [0.3, 0.4) is 0 Å². The number of carbonyl (C=O) groups is 1. The fourth-order valence-electron chi connectivity index (χ4n) is 1.77. The first kappa shape index (κ1) is 15.3. The average molecular weight is 349 g/mol. The monoisotopic (exact) mass is 349 g/mol. The van der Waals surface area contributed by atoms with Crippen LogP contribution in [0.15, 0.2) is 41.1 Å². The first-order valence-corrected chi connectivity index (χ1v) is 8.04. The maximum atomic E-state index is 12.8. The van der Waals surface area contributed by atoms with E-state index in [1.807, 2.05) is 0 Å². The summed E-state index contributed by atoms with van der Waals surface area (Å²) in [5, 5.41) is 16.8. The second kappa shape index (κ2) is 6.23. The van der Waals surface area contributed by atoms with E-state index in [-0.39, 0.29) is 5.69 Å². The van der Waals surface area contributed by atoms with Crippen molar-refractivity contribution in [3.8, 4) is 10.6 Å². The number of halogens is 1. The first-order valence-electron chi connectivity index (χ1n) is 6.28. The second-order valence-corrected chi connectivity index (χ2v) is 6.19. The highest BCUT2D eigenvalue weighted by Crippen LogP contribution is 2.32. The lowest BCUT2D eigenvalue weighted by atomic mass is 10.2. The maximum absolute atomic E-state index is 12.8. The Hall–Kier alpha value is -2.65. The van der Waals surface area contributed by atoms with Gasteiger partial charge in [-0.15, -0.1) is 22.7 Å². The Kier molecular flexibility index (Phi) is 4.13. The Bertz CT molecular complexity index is 874. The number of hydrogen-bond acceptors (Lipinski definition) is 6. The number of thiazole rings is 1. The van der Waals surface area contributed by atoms with Crippen molar-refractivity contribution in [3.05, 3.63) is 62.6 Å². The molecule has 0 aliphatic carbocycles. The van der Waals surface area contributed by atoms with Gasteiger partial charge in [0.1, 0.15) is 5.82 Å². The summed E-state index contributed by atoms with van der Waals surface area (Å²) in [4.78, 5) is 27.1. The van der Waals surface area contributed by atoms with E-state index in [1.165, 1.54) is 58.4 Å². The summed E-state index contributed by atoms with van der Waals surface area (Å²) < 4.78 is 12.8. The predicted molar refractivity (Wildman–Crippen MR) is 86.4 cm³/mol. The Morgan fingerprint density at radius 3 is 2.61 bits per heavy atom. The molecule has 1 aromatic carbocycles. The molecule has 0 spiro atoms. The van der Waals surface area contributed by atoms with Gasteiger partial charge >= 0.3 is 0 Å². The van der Waals surface area contributed by atoms with Gasteiger partial charge in [-0.25, -0.2) is 9.37 Å². The Morgan fingerprint density at radius 1 is 1.22 bits per heavy atom. The van der Waals surface area contributed by atoms with Crippen molar-refractivity contribution in [2.24, 2.45) is 0 Å². The Balaban J connectivity index is 1.75. The first-order chi connectivity index (χ1) is 11.0. The van der Waals surface area contributed by atoms with E-state index < -0.39 is 16.6 Å². The van der Waals surface area contributed by atoms with Crippen molar-refractivity contribution in [2.45, 2.75) is 0 Å². The van der Waals surface area contributed by atoms with E-state index in [0.717, 1.165) is 0 Å². The van der Waals surface area contributed by atoms with Crippen LogP contribution in [-0.2, 0) is 0 Å². The molecule has 0 radical (unpaired) electrons. The van der Waals surface area contributed by atoms with Crippen LogP contribution in [0.1, 0.15) is 10.4 Å². The van der Waals surface area contributed by atoms with Crippen LogP contribution < -0.4 is 5.32 Å². The molecule has 0 atom stereocenters. The van der Waals surface area contributed by atoms with Gasteiger partial charge in [0.05, 0.1) is 20.9 Å². The number of amides is 1. The van der Waals surface area contributed by atoms with Crippen molar-refractivity contribution in [3.63, 3.8) is 0 Å². The van der Waals surface area contributed by atoms with Gasteiger partial charge in [-0.3, -0.25) is 20.2 Å². The molecule has 3 rings (SSSR count). The van der Waals surface area contributed by atoms with E-state index in [2.05, 4.69) is 10.3 Å². The molecule has 0 aliphatic rings. The van der Waals surface area contributed by atoms with Gasteiger partial charge in [0, 0.05) is 17.0 Å². The van der Waals surface area contributed by atoms with Crippen LogP contribution in [0.25, 0.3) is 10.6 Å². The third kappa shape index (κ3) is 3.41. The number of benzene rings is 1. The lowest BCUT2D eigenvalue weighted by Gasteiger charge is -2.01. The molecule has 0 unspecified atom stereocenters. The molecule has 0 saturated carbocycles. The number of nitrogens with one attached hydrogen (secondary N) is 1. The van der Waals surface area contributed by atoms with Gasteiger partial charge in [-0.1, -0.05) is 0 Å². The normalized spacial score (nSPS) is 10.5. The molecule has 6 nitrogen and oxygen atoms in total. The lowest BCUT2D eigenvalue weighted by molar-refractivity contribution is -0.384. The minimum absolute atomic E-state index is 0.00916. The molecule has 0 aliphatic heterocycles. The molecule has 2 heterocycles. The van der Waals surface area contributed by atoms with Gasteiger partial charge in [-0.05, 0) is 24.3 Å². The number of anilines is 1. The fourth-order valence-corrected chi connectivity index (χ4v) is 3.37. The third-order valence-corrected chi connectivity index (χ3v) is 4.58. The Morgan fingerprint density at radius 2 is 1.96 bits per heavy atom. The summed E-state index contributed by atoms with van der Waals surface area (Å²) in [6.45, 7) is 0. The van der Waals surface area contributed by atoms with Crippen LogP contribution in [0.4, 0.5) is 15.2 Å². The molecule has 0 saturated heterocycles. The molecule has 1 N–H and O–H groups in total. The van der Waals surface area contributed by atoms with Crippen molar-refractivity contribution in [1.82, 2.24) is 4.98 Å². The van der Waals surface area contributed by atoms with Crippen LogP contribution in [0.5, 0.6) is 0 Å². The van der Waals surface area contributed by atoms with Gasteiger partial charge in [0.2, 0.25) is 0 Å². The quantitative estimate of drug-likeness (QED) is 0.566. The lowest BCUT2D eigenvalue weighted by Crippen LogP contribution is -2.11. The van der Waals surface area contributed by atoms with Gasteiger partial charge in [0.25, 0.3) is 11.6 Å². The highest BCUT2D eigenvalue weighted by Gasteiger charge is 2.14. The van der Waals surface area contributed by atoms with E-state index in [1.54, 1.807) is 5.38 Å². The molecule has 1 amide bonds. The highest BCUT2D eigenvalue weighted by atomic mass is 32.1. The standard InChI is InChI=1S/C14H8FN3O3S2/c15-9-3-1-8(2-4-9)13(19)17-14-16-11(7-23-14)12-5-10(6-22-12)18(20)21/h1-7H,(H,16,17,19). The number of aromatic nitrogens is 1. The van der Waals surface area contributed by atoms with Crippen molar-refractivity contribution < 1.29 is 14.1 Å². The number of hydrogen-bond donors (Lipinski definition) is 1. The minimum Gasteiger partial charge on any atom is -0.298 e. The molecule has 23 heavy (non-hydrogen) atoms. The summed E-state index contributed by atoms with van der Waals surface area (Å²) in [5.74, 6) is -0.819. The SMILES string of the molecule is O=C(Nc1nc(-c2cc([N+](=O)[O-])cs2)cs1)c1ccc(F)cc1. The van der Waals surface area contributed by atoms with E-state index in [9.17, 15) is 19.3 Å². The number of thiophene rings is 1. The van der Waals surface area contributed by atoms with E-state index in [0.29, 0.717) is 21.3 Å². The van der Waals surface area contributed by atoms with Gasteiger partial charge in [-0.2, -0.15) is 0 Å². The minimum atomic E-state index is -0.469. The molecule has 0 bridgehead atoms. The summed E-state index contributed by atoms with van der Waals surface area (Å²) >= 11 is 2.42. The zero-order valence-corrected chi connectivity index (χ0v) is 13.0. The smallest absolute Gasteiger partial charge is 0.280 e. The number of rotatable bonds is 4. The maximum Gasteiger partial charge on any atom is 0.280 e. The second-order valence-electron chi connectivity index (χ2n) is 4.43. The average Bonchev–Trinajstić information content (AvgIpc) is 3.16. The molecular weight excluding hydrogens is 341 g/mol. The number of nitro groups is 1. The summed E-state index contributed by atoms with van der Waals surface area (Å²) in [6.07, 6.45) is 0. The molecule has 116 valence electrons. The molecule has 2 aromatic heterocycles. The largest absolute Gasteiger partial charge is 0.298 e. The number of nitrogens with zero attached hydrogens (tertiary/aromatic N) is 2. The molecule has 9 heteroatoms. The highest BCUT2D eigenvalue weighted by molar-refractivity contribution is 7.16. The molecular formula is C14H8FN3O3S2. The van der Waals surface area contributed by atoms with E-state index >= 15 is 0 Å². The topological polar surface area (TPSA) is 85.1 Å². The van der Waals surface area contributed by atoms with Crippen molar-refractivity contribution >= 4 is 39.4 Å². The van der Waals surface area contributed by atoms with E-state index in [4.69, 9.17) is 0 Å². The summed E-state index contributed by atoms with van der Waals surface area (Å²) in [6, 6.07) is 6.59. The van der Waals surface area contributed by atoms with Crippen LogP contribution >= 0.6 is 22.7 Å². The fraction of sp³-hybridized carbons (Fsp3) is 0. The number of carbonyl (C=O) groups excluding carboxylic acids is 1. The van der Waals surface area contributed by atoms with Crippen molar-refractivity contribution in [2.75, 3.05) is 5.32 Å². The molecule has 0 fully saturated rings. The van der Waals surface area contributed by atoms with Crippen molar-refractivity contribution in [1.29, 1.82) is 0 Å². The van der Waals surface area contributed by atoms with Crippen LogP contribution in [-0.4, -0.2) is 15.8 Å². The predicted octanol–water partition coefficient (Wildman–Crippen LogP) is 4.17.